The summed E-state index contributed by atoms with van der Waals surface area (Å²) in [5.74, 6) is -0.136. The second-order valence-electron chi connectivity index (χ2n) is 4.07. The molecule has 1 amide bonds. The summed E-state index contributed by atoms with van der Waals surface area (Å²) in [6.45, 7) is 1.89. The zero-order chi connectivity index (χ0) is 12.3. The first-order valence-electron chi connectivity index (χ1n) is 5.76. The van der Waals surface area contributed by atoms with Crippen molar-refractivity contribution in [3.8, 4) is 0 Å². The van der Waals surface area contributed by atoms with E-state index in [1.165, 1.54) is 0 Å². The molecule has 2 aromatic rings. The fraction of sp³-hybridized carbons (Fsp3) is 0.214. The predicted molar refractivity (Wildman–Crippen MR) is 70.8 cm³/mol. The highest BCUT2D eigenvalue weighted by Gasteiger charge is 2.10. The second kappa shape index (κ2) is 4.97. The highest BCUT2D eigenvalue weighted by molar-refractivity contribution is 5.97. The molecule has 0 spiro atoms. The lowest BCUT2D eigenvalue weighted by atomic mass is 10.1. The van der Waals surface area contributed by atoms with Crippen LogP contribution in [0.25, 0.3) is 10.8 Å². The van der Waals surface area contributed by atoms with E-state index in [-0.39, 0.29) is 5.91 Å². The van der Waals surface area contributed by atoms with Gasteiger partial charge in [0.1, 0.15) is 0 Å². The summed E-state index contributed by atoms with van der Waals surface area (Å²) in [5, 5.41) is 5.09. The van der Waals surface area contributed by atoms with Gasteiger partial charge in [-0.3, -0.25) is 4.79 Å². The van der Waals surface area contributed by atoms with E-state index in [9.17, 15) is 4.79 Å². The fourth-order valence-corrected chi connectivity index (χ4v) is 1.69. The molecule has 3 nitrogen and oxygen atoms in total. The van der Waals surface area contributed by atoms with Crippen molar-refractivity contribution in [2.45, 2.75) is 19.4 Å². The smallest absolute Gasteiger partial charge is 0.241 e. The van der Waals surface area contributed by atoms with Crippen molar-refractivity contribution >= 4 is 22.4 Å². The number of carbonyl (C=O) groups excluding carboxylic acids is 1. The molecule has 0 radical (unpaired) electrons. The Hall–Kier alpha value is -1.87. The Bertz CT molecular complexity index is 536. The first kappa shape index (κ1) is 11.6. The number of nitrogens with two attached hydrogens (primary N) is 1. The average molecular weight is 228 g/mol. The van der Waals surface area contributed by atoms with Gasteiger partial charge in [-0.15, -0.1) is 0 Å². The van der Waals surface area contributed by atoms with Crippen LogP contribution in [-0.4, -0.2) is 11.9 Å². The summed E-state index contributed by atoms with van der Waals surface area (Å²) in [6, 6.07) is 13.4. The van der Waals surface area contributed by atoms with Crippen molar-refractivity contribution in [2.24, 2.45) is 5.73 Å². The maximum atomic E-state index is 11.6. The van der Waals surface area contributed by atoms with Gasteiger partial charge < -0.3 is 11.1 Å². The van der Waals surface area contributed by atoms with Gasteiger partial charge in [0.25, 0.3) is 0 Å². The summed E-state index contributed by atoms with van der Waals surface area (Å²) in [5.41, 5.74) is 6.45. The second-order valence-corrected chi connectivity index (χ2v) is 4.07. The lowest BCUT2D eigenvalue weighted by molar-refractivity contribution is -0.117. The largest absolute Gasteiger partial charge is 0.325 e. The van der Waals surface area contributed by atoms with E-state index in [2.05, 4.69) is 5.32 Å². The van der Waals surface area contributed by atoms with Crippen LogP contribution in [0.4, 0.5) is 5.69 Å². The Morgan fingerprint density at radius 1 is 1.24 bits per heavy atom. The van der Waals surface area contributed by atoms with Crippen LogP contribution in [0, 0.1) is 0 Å². The van der Waals surface area contributed by atoms with Crippen molar-refractivity contribution in [2.75, 3.05) is 5.32 Å². The minimum atomic E-state index is -0.443. The van der Waals surface area contributed by atoms with Crippen LogP contribution < -0.4 is 11.1 Å². The Morgan fingerprint density at radius 3 is 2.65 bits per heavy atom. The van der Waals surface area contributed by atoms with E-state index in [1.54, 1.807) is 0 Å². The van der Waals surface area contributed by atoms with E-state index >= 15 is 0 Å². The maximum Gasteiger partial charge on any atom is 0.241 e. The zero-order valence-electron chi connectivity index (χ0n) is 9.81. The summed E-state index contributed by atoms with van der Waals surface area (Å²) < 4.78 is 0. The lowest BCUT2D eigenvalue weighted by Gasteiger charge is -2.10. The fourth-order valence-electron chi connectivity index (χ4n) is 1.69. The Labute approximate surface area is 101 Å². The number of fused-ring (bicyclic) bond motifs is 1. The van der Waals surface area contributed by atoms with Crippen LogP contribution in [0.15, 0.2) is 42.5 Å². The molecule has 0 heterocycles. The van der Waals surface area contributed by atoms with Crippen LogP contribution in [0.2, 0.25) is 0 Å². The van der Waals surface area contributed by atoms with Gasteiger partial charge in [-0.1, -0.05) is 37.3 Å². The van der Waals surface area contributed by atoms with Crippen molar-refractivity contribution in [1.29, 1.82) is 0 Å². The van der Waals surface area contributed by atoms with Crippen molar-refractivity contribution in [3.05, 3.63) is 42.5 Å². The first-order chi connectivity index (χ1) is 8.20. The molecule has 1 unspecified atom stereocenters. The molecule has 0 aromatic heterocycles. The molecule has 0 saturated carbocycles. The van der Waals surface area contributed by atoms with Crippen LogP contribution >= 0.6 is 0 Å². The molecule has 0 saturated heterocycles. The molecule has 2 aromatic carbocycles. The van der Waals surface area contributed by atoms with Gasteiger partial charge in [0, 0.05) is 5.69 Å². The molecular formula is C14H16N2O. The number of carbonyl (C=O) groups is 1. The van der Waals surface area contributed by atoms with E-state index in [0.717, 1.165) is 16.5 Å². The first-order valence-corrected chi connectivity index (χ1v) is 5.76. The zero-order valence-corrected chi connectivity index (χ0v) is 9.81. The molecule has 0 bridgehead atoms. The molecular weight excluding hydrogens is 212 g/mol. The summed E-state index contributed by atoms with van der Waals surface area (Å²) in [7, 11) is 0. The molecule has 0 fully saturated rings. The van der Waals surface area contributed by atoms with E-state index in [1.807, 2.05) is 49.4 Å². The Morgan fingerprint density at radius 2 is 1.94 bits per heavy atom. The van der Waals surface area contributed by atoms with Crippen LogP contribution in [0.5, 0.6) is 0 Å². The van der Waals surface area contributed by atoms with E-state index in [0.29, 0.717) is 6.42 Å². The van der Waals surface area contributed by atoms with E-state index in [4.69, 9.17) is 5.73 Å². The molecule has 1 atom stereocenters. The topological polar surface area (TPSA) is 55.1 Å². The van der Waals surface area contributed by atoms with Gasteiger partial charge in [0.15, 0.2) is 0 Å². The van der Waals surface area contributed by atoms with Gasteiger partial charge in [-0.05, 0) is 29.3 Å². The third-order valence-corrected chi connectivity index (χ3v) is 2.79. The maximum absolute atomic E-state index is 11.6. The van der Waals surface area contributed by atoms with Crippen LogP contribution in [-0.2, 0) is 4.79 Å². The number of hydrogen-bond acceptors (Lipinski definition) is 2. The summed E-state index contributed by atoms with van der Waals surface area (Å²) >= 11 is 0. The molecule has 3 heteroatoms. The minimum absolute atomic E-state index is 0.136. The Balaban J connectivity index is 2.22. The van der Waals surface area contributed by atoms with Crippen LogP contribution in [0.1, 0.15) is 13.3 Å². The third kappa shape index (κ3) is 2.63. The third-order valence-electron chi connectivity index (χ3n) is 2.79. The van der Waals surface area contributed by atoms with Crippen LogP contribution in [0.3, 0.4) is 0 Å². The van der Waals surface area contributed by atoms with E-state index < -0.39 is 6.04 Å². The summed E-state index contributed by atoms with van der Waals surface area (Å²) in [6.07, 6.45) is 0.638. The normalized spacial score (nSPS) is 12.4. The predicted octanol–water partition coefficient (Wildman–Crippen LogP) is 2.52. The molecule has 17 heavy (non-hydrogen) atoms. The average Bonchev–Trinajstić information content (AvgIpc) is 2.37. The van der Waals surface area contributed by atoms with Crippen molar-refractivity contribution in [1.82, 2.24) is 0 Å². The van der Waals surface area contributed by atoms with Gasteiger partial charge in [0.2, 0.25) is 5.91 Å². The quantitative estimate of drug-likeness (QED) is 0.848. The minimum Gasteiger partial charge on any atom is -0.325 e. The Kier molecular flexibility index (Phi) is 3.40. The molecule has 0 aliphatic carbocycles. The molecule has 0 aliphatic rings. The number of rotatable bonds is 3. The van der Waals surface area contributed by atoms with Gasteiger partial charge >= 0.3 is 0 Å². The highest BCUT2D eigenvalue weighted by atomic mass is 16.2. The molecule has 0 aliphatic heterocycles. The SMILES string of the molecule is CCC(N)C(=O)Nc1ccc2ccccc2c1. The number of benzene rings is 2. The molecule has 2 rings (SSSR count). The lowest BCUT2D eigenvalue weighted by Crippen LogP contribution is -2.34. The number of nitrogens with one attached hydrogen (secondary N) is 1. The van der Waals surface area contributed by atoms with Gasteiger partial charge in [-0.25, -0.2) is 0 Å². The summed E-state index contributed by atoms with van der Waals surface area (Å²) in [4.78, 5) is 11.6. The molecule has 3 N–H and O–H groups in total. The number of hydrogen-bond donors (Lipinski definition) is 2. The standard InChI is InChI=1S/C14H16N2O/c1-2-13(15)14(17)16-12-8-7-10-5-3-4-6-11(10)9-12/h3-9,13H,2,15H2,1H3,(H,16,17). The van der Waals surface area contributed by atoms with Crippen molar-refractivity contribution < 1.29 is 4.79 Å². The van der Waals surface area contributed by atoms with Crippen molar-refractivity contribution in [3.63, 3.8) is 0 Å². The van der Waals surface area contributed by atoms with Gasteiger partial charge in [0.05, 0.1) is 6.04 Å². The number of anilines is 1. The number of amides is 1. The molecule has 88 valence electrons. The monoisotopic (exact) mass is 228 g/mol. The highest BCUT2D eigenvalue weighted by Crippen LogP contribution is 2.18. The van der Waals surface area contributed by atoms with Gasteiger partial charge in [-0.2, -0.15) is 0 Å².